The van der Waals surface area contributed by atoms with Crippen LogP contribution in [0.25, 0.3) is 0 Å². The number of amides is 2. The van der Waals surface area contributed by atoms with E-state index in [1.807, 2.05) is 29.2 Å². The van der Waals surface area contributed by atoms with Crippen LogP contribution in [-0.2, 0) is 4.79 Å². The van der Waals surface area contributed by atoms with Crippen LogP contribution in [0.2, 0.25) is 0 Å². The Kier molecular flexibility index (Phi) is 5.38. The van der Waals surface area contributed by atoms with Crippen LogP contribution in [0.1, 0.15) is 48.9 Å². The first-order chi connectivity index (χ1) is 11.7. The summed E-state index contributed by atoms with van der Waals surface area (Å²) >= 11 is 0. The predicted octanol–water partition coefficient (Wildman–Crippen LogP) is 2.70. The van der Waals surface area contributed by atoms with Crippen molar-refractivity contribution in [2.24, 2.45) is 0 Å². The molecule has 0 aliphatic carbocycles. The van der Waals surface area contributed by atoms with Gasteiger partial charge >= 0.3 is 0 Å². The van der Waals surface area contributed by atoms with Crippen LogP contribution in [0.5, 0.6) is 5.75 Å². The fourth-order valence-corrected chi connectivity index (χ4v) is 3.69. The number of ether oxygens (including phenoxy) is 1. The summed E-state index contributed by atoms with van der Waals surface area (Å²) in [5.74, 6) is 1.12. The maximum atomic E-state index is 12.6. The summed E-state index contributed by atoms with van der Waals surface area (Å²) in [5, 5.41) is 0. The molecule has 2 fully saturated rings. The predicted molar refractivity (Wildman–Crippen MR) is 92.1 cm³/mol. The molecule has 2 aliphatic heterocycles. The molecule has 130 valence electrons. The Bertz CT molecular complexity index is 577. The Morgan fingerprint density at radius 1 is 1.04 bits per heavy atom. The summed E-state index contributed by atoms with van der Waals surface area (Å²) in [7, 11) is 1.62. The number of hydrogen-bond donors (Lipinski definition) is 0. The third kappa shape index (κ3) is 3.71. The zero-order valence-electron chi connectivity index (χ0n) is 14.4. The molecule has 2 amide bonds. The Morgan fingerprint density at radius 3 is 2.42 bits per heavy atom. The number of carbonyl (C=O) groups is 2. The van der Waals surface area contributed by atoms with Crippen molar-refractivity contribution in [1.29, 1.82) is 0 Å². The van der Waals surface area contributed by atoms with Gasteiger partial charge in [0.05, 0.1) is 7.11 Å². The summed E-state index contributed by atoms with van der Waals surface area (Å²) in [6.45, 7) is 2.33. The second-order valence-electron chi connectivity index (χ2n) is 6.65. The van der Waals surface area contributed by atoms with Crippen molar-refractivity contribution in [2.75, 3.05) is 26.7 Å². The molecule has 2 heterocycles. The van der Waals surface area contributed by atoms with Crippen molar-refractivity contribution >= 4 is 11.8 Å². The average molecular weight is 330 g/mol. The molecule has 1 aromatic carbocycles. The van der Waals surface area contributed by atoms with E-state index in [1.54, 1.807) is 7.11 Å². The van der Waals surface area contributed by atoms with Gasteiger partial charge < -0.3 is 14.5 Å². The number of benzene rings is 1. The lowest BCUT2D eigenvalue weighted by Gasteiger charge is -2.38. The highest BCUT2D eigenvalue weighted by Crippen LogP contribution is 2.23. The van der Waals surface area contributed by atoms with Gasteiger partial charge in [-0.15, -0.1) is 0 Å². The van der Waals surface area contributed by atoms with Gasteiger partial charge in [0, 0.05) is 37.7 Å². The van der Waals surface area contributed by atoms with Gasteiger partial charge in [0.15, 0.2) is 0 Å². The molecule has 2 aliphatic rings. The van der Waals surface area contributed by atoms with Gasteiger partial charge in [-0.2, -0.15) is 0 Å². The van der Waals surface area contributed by atoms with Crippen LogP contribution in [-0.4, -0.2) is 54.4 Å². The van der Waals surface area contributed by atoms with Crippen molar-refractivity contribution < 1.29 is 14.3 Å². The minimum atomic E-state index is 0.0679. The standard InChI is InChI=1S/C19H26N2O3/c1-24-17-8-6-15(7-9-17)19(23)20-13-10-16(11-14-20)21-12-4-2-3-5-18(21)22/h6-9,16H,2-5,10-14H2,1H3. The second kappa shape index (κ2) is 7.69. The summed E-state index contributed by atoms with van der Waals surface area (Å²) in [6, 6.07) is 7.55. The van der Waals surface area contributed by atoms with E-state index in [0.717, 1.165) is 57.5 Å². The molecule has 24 heavy (non-hydrogen) atoms. The number of piperidine rings is 1. The van der Waals surface area contributed by atoms with Crippen molar-refractivity contribution in [3.63, 3.8) is 0 Å². The van der Waals surface area contributed by atoms with E-state index in [9.17, 15) is 9.59 Å². The van der Waals surface area contributed by atoms with Crippen LogP contribution < -0.4 is 4.74 Å². The number of nitrogens with zero attached hydrogens (tertiary/aromatic N) is 2. The summed E-state index contributed by atoms with van der Waals surface area (Å²) in [6.07, 6.45) is 5.73. The molecule has 0 N–H and O–H groups in total. The van der Waals surface area contributed by atoms with Gasteiger partial charge in [0.25, 0.3) is 5.91 Å². The molecule has 0 unspecified atom stereocenters. The first kappa shape index (κ1) is 16.8. The number of likely N-dealkylation sites (tertiary alicyclic amines) is 2. The van der Waals surface area contributed by atoms with E-state index in [1.165, 1.54) is 0 Å². The Morgan fingerprint density at radius 2 is 1.75 bits per heavy atom. The van der Waals surface area contributed by atoms with E-state index in [0.29, 0.717) is 23.9 Å². The molecular weight excluding hydrogens is 304 g/mol. The van der Waals surface area contributed by atoms with Crippen molar-refractivity contribution in [2.45, 2.75) is 44.6 Å². The monoisotopic (exact) mass is 330 g/mol. The molecule has 1 aromatic rings. The highest BCUT2D eigenvalue weighted by molar-refractivity contribution is 5.94. The number of carbonyl (C=O) groups excluding carboxylic acids is 2. The smallest absolute Gasteiger partial charge is 0.253 e. The van der Waals surface area contributed by atoms with Gasteiger partial charge in [-0.1, -0.05) is 6.42 Å². The minimum absolute atomic E-state index is 0.0679. The van der Waals surface area contributed by atoms with Gasteiger partial charge in [-0.25, -0.2) is 0 Å². The molecular formula is C19H26N2O3. The lowest BCUT2D eigenvalue weighted by Crippen LogP contribution is -2.48. The lowest BCUT2D eigenvalue weighted by atomic mass is 10.0. The van der Waals surface area contributed by atoms with Crippen LogP contribution in [0.3, 0.4) is 0 Å². The fourth-order valence-electron chi connectivity index (χ4n) is 3.69. The maximum absolute atomic E-state index is 12.6. The quantitative estimate of drug-likeness (QED) is 0.856. The SMILES string of the molecule is COc1ccc(C(=O)N2CCC(N3CCCCCC3=O)CC2)cc1. The minimum Gasteiger partial charge on any atom is -0.497 e. The van der Waals surface area contributed by atoms with Gasteiger partial charge in [-0.05, 0) is 49.9 Å². The van der Waals surface area contributed by atoms with Gasteiger partial charge in [0.2, 0.25) is 5.91 Å². The molecule has 3 rings (SSSR count). The normalized spacial score (nSPS) is 20.0. The number of methoxy groups -OCH3 is 1. The van der Waals surface area contributed by atoms with E-state index in [2.05, 4.69) is 4.90 Å². The Hall–Kier alpha value is -2.04. The van der Waals surface area contributed by atoms with E-state index < -0.39 is 0 Å². The van der Waals surface area contributed by atoms with E-state index >= 15 is 0 Å². The average Bonchev–Trinajstić information content (AvgIpc) is 2.86. The van der Waals surface area contributed by atoms with E-state index in [-0.39, 0.29) is 5.91 Å². The molecule has 0 radical (unpaired) electrons. The molecule has 2 saturated heterocycles. The zero-order valence-corrected chi connectivity index (χ0v) is 14.4. The molecule has 0 aromatic heterocycles. The third-order valence-corrected chi connectivity index (χ3v) is 5.14. The van der Waals surface area contributed by atoms with Gasteiger partial charge in [-0.3, -0.25) is 9.59 Å². The summed E-state index contributed by atoms with van der Waals surface area (Å²) in [5.41, 5.74) is 0.695. The van der Waals surface area contributed by atoms with Gasteiger partial charge in [0.1, 0.15) is 5.75 Å². The Labute approximate surface area is 143 Å². The van der Waals surface area contributed by atoms with Crippen LogP contribution in [0.4, 0.5) is 0 Å². The third-order valence-electron chi connectivity index (χ3n) is 5.14. The molecule has 5 nitrogen and oxygen atoms in total. The van der Waals surface area contributed by atoms with Crippen LogP contribution in [0.15, 0.2) is 24.3 Å². The molecule has 0 atom stereocenters. The number of rotatable bonds is 3. The second-order valence-corrected chi connectivity index (χ2v) is 6.65. The molecule has 0 spiro atoms. The maximum Gasteiger partial charge on any atom is 0.253 e. The lowest BCUT2D eigenvalue weighted by molar-refractivity contribution is -0.133. The first-order valence-corrected chi connectivity index (χ1v) is 8.92. The topological polar surface area (TPSA) is 49.9 Å². The highest BCUT2D eigenvalue weighted by Gasteiger charge is 2.30. The van der Waals surface area contributed by atoms with Crippen molar-refractivity contribution in [3.8, 4) is 5.75 Å². The van der Waals surface area contributed by atoms with Crippen LogP contribution >= 0.6 is 0 Å². The fraction of sp³-hybridized carbons (Fsp3) is 0.579. The molecule has 0 saturated carbocycles. The molecule has 0 bridgehead atoms. The summed E-state index contributed by atoms with van der Waals surface area (Å²) in [4.78, 5) is 28.8. The van der Waals surface area contributed by atoms with Crippen LogP contribution in [0, 0.1) is 0 Å². The zero-order chi connectivity index (χ0) is 16.9. The van der Waals surface area contributed by atoms with Crippen molar-refractivity contribution in [3.05, 3.63) is 29.8 Å². The largest absolute Gasteiger partial charge is 0.497 e. The first-order valence-electron chi connectivity index (χ1n) is 8.92. The Balaban J connectivity index is 1.57. The summed E-state index contributed by atoms with van der Waals surface area (Å²) < 4.78 is 5.13. The number of hydrogen-bond acceptors (Lipinski definition) is 3. The highest BCUT2D eigenvalue weighted by atomic mass is 16.5. The van der Waals surface area contributed by atoms with Crippen molar-refractivity contribution in [1.82, 2.24) is 9.80 Å². The molecule has 5 heteroatoms. The van der Waals surface area contributed by atoms with E-state index in [4.69, 9.17) is 4.74 Å².